The number of para-hydroxylation sites is 1. The standard InChI is InChI=1S/C25H27NO4.ClH/c1-2-19-22(27)20-12-9-13-21(24(20)30-23(19)18-10-5-3-6-11-18)25(28)29-17-16-26-14-7-4-8-15-26;/h3,5-6,9-13H,2,4,7-8,14-17H2,1H3;1H. The molecule has 1 aliphatic rings. The number of nitrogens with zero attached hydrogens (tertiary/aromatic N) is 1. The minimum absolute atomic E-state index is 0. The number of fused-ring (bicyclic) bond motifs is 1. The predicted octanol–water partition coefficient (Wildman–Crippen LogP) is 5.09. The highest BCUT2D eigenvalue weighted by Gasteiger charge is 2.20. The highest BCUT2D eigenvalue weighted by atomic mass is 35.5. The lowest BCUT2D eigenvalue weighted by molar-refractivity contribution is 0.0453. The van der Waals surface area contributed by atoms with Gasteiger partial charge in [0.1, 0.15) is 17.9 Å². The van der Waals surface area contributed by atoms with E-state index in [1.807, 2.05) is 37.3 Å². The molecule has 1 aliphatic heterocycles. The minimum Gasteiger partial charge on any atom is -0.461 e. The van der Waals surface area contributed by atoms with E-state index >= 15 is 0 Å². The molecule has 1 saturated heterocycles. The van der Waals surface area contributed by atoms with Crippen molar-refractivity contribution in [2.45, 2.75) is 32.6 Å². The van der Waals surface area contributed by atoms with Crippen molar-refractivity contribution in [3.63, 3.8) is 0 Å². The molecule has 0 aliphatic carbocycles. The van der Waals surface area contributed by atoms with Crippen molar-refractivity contribution in [2.75, 3.05) is 26.2 Å². The summed E-state index contributed by atoms with van der Waals surface area (Å²) in [4.78, 5) is 28.3. The number of likely N-dealkylation sites (tertiary alicyclic amines) is 1. The first kappa shape index (κ1) is 23.0. The average molecular weight is 442 g/mol. The smallest absolute Gasteiger partial charge is 0.342 e. The maximum absolute atomic E-state index is 13.1. The number of carbonyl (C=O) groups excluding carboxylic acids is 1. The fourth-order valence-corrected chi connectivity index (χ4v) is 4.09. The molecule has 1 fully saturated rings. The highest BCUT2D eigenvalue weighted by molar-refractivity contribution is 6.02. The van der Waals surface area contributed by atoms with Crippen LogP contribution in [0.5, 0.6) is 0 Å². The Morgan fingerprint density at radius 2 is 1.77 bits per heavy atom. The maximum atomic E-state index is 13.1. The molecule has 0 amide bonds. The SMILES string of the molecule is CCc1c(-c2ccccc2)oc2c(C(=O)OCCN3CCCCC3)cccc2c1=O.Cl. The summed E-state index contributed by atoms with van der Waals surface area (Å²) >= 11 is 0. The van der Waals surface area contributed by atoms with Gasteiger partial charge in [0.25, 0.3) is 0 Å². The Labute approximate surface area is 188 Å². The molecular formula is C25H28ClNO4. The van der Waals surface area contributed by atoms with Gasteiger partial charge < -0.3 is 9.15 Å². The summed E-state index contributed by atoms with van der Waals surface area (Å²) in [6.07, 6.45) is 4.22. The molecule has 0 N–H and O–H groups in total. The van der Waals surface area contributed by atoms with Gasteiger partial charge in [-0.3, -0.25) is 9.69 Å². The second kappa shape index (κ2) is 10.6. The lowest BCUT2D eigenvalue weighted by Crippen LogP contribution is -2.33. The van der Waals surface area contributed by atoms with Crippen LogP contribution in [0.3, 0.4) is 0 Å². The fourth-order valence-electron chi connectivity index (χ4n) is 4.09. The van der Waals surface area contributed by atoms with Crippen LogP contribution in [0.25, 0.3) is 22.3 Å². The molecule has 1 aromatic heterocycles. The van der Waals surface area contributed by atoms with Crippen molar-refractivity contribution in [1.29, 1.82) is 0 Å². The van der Waals surface area contributed by atoms with E-state index in [-0.39, 0.29) is 17.8 Å². The van der Waals surface area contributed by atoms with Crippen LogP contribution in [0.2, 0.25) is 0 Å². The topological polar surface area (TPSA) is 59.8 Å². The number of hydrogen-bond acceptors (Lipinski definition) is 5. The van der Waals surface area contributed by atoms with Crippen LogP contribution >= 0.6 is 12.4 Å². The Kier molecular flexibility index (Phi) is 7.88. The van der Waals surface area contributed by atoms with E-state index in [4.69, 9.17) is 9.15 Å². The van der Waals surface area contributed by atoms with E-state index in [9.17, 15) is 9.59 Å². The number of halogens is 1. The van der Waals surface area contributed by atoms with Gasteiger partial charge in [-0.1, -0.05) is 49.7 Å². The van der Waals surface area contributed by atoms with Gasteiger partial charge in [-0.2, -0.15) is 0 Å². The Morgan fingerprint density at radius 3 is 2.48 bits per heavy atom. The third kappa shape index (κ3) is 5.00. The number of ether oxygens (including phenoxy) is 1. The summed E-state index contributed by atoms with van der Waals surface area (Å²) in [5, 5.41) is 0.414. The van der Waals surface area contributed by atoms with Gasteiger partial charge in [-0.25, -0.2) is 4.79 Å². The number of benzene rings is 2. The van der Waals surface area contributed by atoms with E-state index in [1.54, 1.807) is 18.2 Å². The third-order valence-electron chi connectivity index (χ3n) is 5.71. The van der Waals surface area contributed by atoms with Crippen LogP contribution in [0.15, 0.2) is 57.7 Å². The third-order valence-corrected chi connectivity index (χ3v) is 5.71. The van der Waals surface area contributed by atoms with E-state index in [0.29, 0.717) is 40.9 Å². The zero-order valence-electron chi connectivity index (χ0n) is 17.8. The Balaban J connectivity index is 0.00000272. The quantitative estimate of drug-likeness (QED) is 0.499. The van der Waals surface area contributed by atoms with Crippen molar-refractivity contribution in [3.8, 4) is 11.3 Å². The highest BCUT2D eigenvalue weighted by Crippen LogP contribution is 2.28. The Bertz CT molecular complexity index is 1090. The lowest BCUT2D eigenvalue weighted by atomic mass is 10.0. The summed E-state index contributed by atoms with van der Waals surface area (Å²) in [7, 11) is 0. The normalized spacial score (nSPS) is 14.2. The molecular weight excluding hydrogens is 414 g/mol. The van der Waals surface area contributed by atoms with Crippen LogP contribution in [-0.4, -0.2) is 37.1 Å². The second-order valence-electron chi connectivity index (χ2n) is 7.68. The van der Waals surface area contributed by atoms with Gasteiger partial charge >= 0.3 is 5.97 Å². The first-order chi connectivity index (χ1) is 14.7. The first-order valence-electron chi connectivity index (χ1n) is 10.7. The van der Waals surface area contributed by atoms with Crippen LogP contribution in [0.1, 0.15) is 42.1 Å². The average Bonchev–Trinajstić information content (AvgIpc) is 2.80. The zero-order chi connectivity index (χ0) is 20.9. The Morgan fingerprint density at radius 1 is 1.03 bits per heavy atom. The van der Waals surface area contributed by atoms with Gasteiger partial charge in [-0.15, -0.1) is 12.4 Å². The van der Waals surface area contributed by atoms with Gasteiger partial charge in [-0.05, 0) is 44.5 Å². The molecule has 3 aromatic rings. The summed E-state index contributed by atoms with van der Waals surface area (Å²) in [6, 6.07) is 14.6. The van der Waals surface area contributed by atoms with Crippen molar-refractivity contribution in [3.05, 3.63) is 69.9 Å². The molecule has 0 radical (unpaired) electrons. The molecule has 164 valence electrons. The number of esters is 1. The molecule has 5 nitrogen and oxygen atoms in total. The molecule has 6 heteroatoms. The van der Waals surface area contributed by atoms with E-state index in [2.05, 4.69) is 4.90 Å². The monoisotopic (exact) mass is 441 g/mol. The molecule has 0 saturated carbocycles. The molecule has 0 bridgehead atoms. The van der Waals surface area contributed by atoms with Crippen molar-refractivity contribution in [1.82, 2.24) is 4.90 Å². The fraction of sp³-hybridized carbons (Fsp3) is 0.360. The Hall–Kier alpha value is -2.63. The van der Waals surface area contributed by atoms with Gasteiger partial charge in [0.15, 0.2) is 11.0 Å². The summed E-state index contributed by atoms with van der Waals surface area (Å²) in [5.41, 5.74) is 1.93. The minimum atomic E-state index is -0.455. The van der Waals surface area contributed by atoms with E-state index in [1.165, 1.54) is 19.3 Å². The maximum Gasteiger partial charge on any atom is 0.342 e. The molecule has 31 heavy (non-hydrogen) atoms. The first-order valence-corrected chi connectivity index (χ1v) is 10.7. The molecule has 2 heterocycles. The number of hydrogen-bond donors (Lipinski definition) is 0. The number of piperidine rings is 1. The van der Waals surface area contributed by atoms with Crippen LogP contribution in [0, 0.1) is 0 Å². The van der Waals surface area contributed by atoms with Gasteiger partial charge in [0.2, 0.25) is 0 Å². The van der Waals surface area contributed by atoms with Crippen LogP contribution in [0.4, 0.5) is 0 Å². The van der Waals surface area contributed by atoms with Crippen LogP contribution < -0.4 is 5.43 Å². The molecule has 0 spiro atoms. The number of carbonyl (C=O) groups is 1. The molecule has 4 rings (SSSR count). The lowest BCUT2D eigenvalue weighted by Gasteiger charge is -2.25. The largest absolute Gasteiger partial charge is 0.461 e. The van der Waals surface area contributed by atoms with E-state index in [0.717, 1.165) is 25.2 Å². The van der Waals surface area contributed by atoms with Gasteiger partial charge in [0.05, 0.1) is 5.39 Å². The molecule has 2 aromatic carbocycles. The second-order valence-corrected chi connectivity index (χ2v) is 7.68. The van der Waals surface area contributed by atoms with Crippen molar-refractivity contribution in [2.24, 2.45) is 0 Å². The van der Waals surface area contributed by atoms with Gasteiger partial charge in [0, 0.05) is 17.7 Å². The van der Waals surface area contributed by atoms with Crippen molar-refractivity contribution < 1.29 is 13.9 Å². The van der Waals surface area contributed by atoms with Crippen molar-refractivity contribution >= 4 is 29.3 Å². The molecule has 0 atom stereocenters. The summed E-state index contributed by atoms with van der Waals surface area (Å²) in [6.45, 7) is 5.11. The zero-order valence-corrected chi connectivity index (χ0v) is 18.6. The van der Waals surface area contributed by atoms with E-state index < -0.39 is 5.97 Å². The summed E-state index contributed by atoms with van der Waals surface area (Å²) < 4.78 is 11.7. The predicted molar refractivity (Wildman–Crippen MR) is 125 cm³/mol. The summed E-state index contributed by atoms with van der Waals surface area (Å²) in [5.74, 6) is 0.0631. The molecule has 0 unspecified atom stereocenters. The number of rotatable bonds is 6. The van der Waals surface area contributed by atoms with Crippen LogP contribution in [-0.2, 0) is 11.2 Å².